The standard InChI is InChI=1S/C27H30N6O/c1-16-10-17(18-12-23-22(30-14-18)5-7-29-23)11-19-15-33(8-9-34-24(16)19)25-20-13-27(2,3)6-4-21(20)31-26(28)32-25/h7,10-12,14H,4-6,8-9,13,15H2,1-3H3,(H2,28,31,32). The van der Waals surface area contributed by atoms with E-state index < -0.39 is 0 Å². The lowest BCUT2D eigenvalue weighted by Gasteiger charge is -2.34. The number of benzene rings is 1. The molecule has 4 heterocycles. The number of nitrogens with two attached hydrogens (primary N) is 1. The van der Waals surface area contributed by atoms with E-state index in [1.54, 1.807) is 0 Å². The van der Waals surface area contributed by atoms with Crippen LogP contribution < -0.4 is 15.4 Å². The molecular weight excluding hydrogens is 424 g/mol. The molecule has 2 aromatic heterocycles. The van der Waals surface area contributed by atoms with Crippen molar-refractivity contribution in [3.05, 3.63) is 52.5 Å². The molecule has 3 aliphatic rings. The Labute approximate surface area is 200 Å². The number of rotatable bonds is 2. The summed E-state index contributed by atoms with van der Waals surface area (Å²) in [7, 11) is 0. The molecule has 34 heavy (non-hydrogen) atoms. The second kappa shape index (κ2) is 7.79. The average Bonchev–Trinajstić information content (AvgIpc) is 3.16. The minimum Gasteiger partial charge on any atom is -0.491 e. The van der Waals surface area contributed by atoms with Crippen LogP contribution in [0.15, 0.2) is 29.4 Å². The number of pyridine rings is 1. The maximum Gasteiger partial charge on any atom is 0.222 e. The van der Waals surface area contributed by atoms with Crippen LogP contribution in [-0.4, -0.2) is 34.3 Å². The van der Waals surface area contributed by atoms with Gasteiger partial charge in [-0.25, -0.2) is 4.98 Å². The first kappa shape index (κ1) is 21.1. The molecule has 7 heteroatoms. The summed E-state index contributed by atoms with van der Waals surface area (Å²) in [5.41, 5.74) is 15.2. The molecule has 0 spiro atoms. The first-order valence-corrected chi connectivity index (χ1v) is 12.0. The predicted molar refractivity (Wildman–Crippen MR) is 135 cm³/mol. The maximum atomic E-state index is 6.26. The van der Waals surface area contributed by atoms with Gasteiger partial charge in [0.2, 0.25) is 5.95 Å². The molecule has 2 aliphatic heterocycles. The zero-order valence-corrected chi connectivity index (χ0v) is 20.1. The smallest absolute Gasteiger partial charge is 0.222 e. The van der Waals surface area contributed by atoms with Crippen molar-refractivity contribution in [3.63, 3.8) is 0 Å². The molecule has 3 aromatic rings. The van der Waals surface area contributed by atoms with E-state index in [-0.39, 0.29) is 5.41 Å². The van der Waals surface area contributed by atoms with Gasteiger partial charge in [0.05, 0.1) is 23.6 Å². The van der Waals surface area contributed by atoms with Crippen molar-refractivity contribution in [1.29, 1.82) is 0 Å². The molecule has 1 aliphatic carbocycles. The van der Waals surface area contributed by atoms with Gasteiger partial charge in [-0.1, -0.05) is 13.8 Å². The fourth-order valence-corrected chi connectivity index (χ4v) is 5.41. The molecule has 2 N–H and O–H groups in total. The summed E-state index contributed by atoms with van der Waals surface area (Å²) in [5.74, 6) is 2.28. The summed E-state index contributed by atoms with van der Waals surface area (Å²) in [6.07, 6.45) is 7.70. The quantitative estimate of drug-likeness (QED) is 0.609. The van der Waals surface area contributed by atoms with E-state index in [0.717, 1.165) is 83.1 Å². The second-order valence-electron chi connectivity index (χ2n) is 10.4. The highest BCUT2D eigenvalue weighted by atomic mass is 16.5. The molecular formula is C27H30N6O. The fraction of sp³-hybridized carbons (Fsp3) is 0.407. The number of fused-ring (bicyclic) bond motifs is 3. The van der Waals surface area contributed by atoms with Crippen LogP contribution in [0.25, 0.3) is 11.1 Å². The number of aliphatic imine (C=N–C) groups is 1. The van der Waals surface area contributed by atoms with E-state index >= 15 is 0 Å². The minimum atomic E-state index is 0.230. The van der Waals surface area contributed by atoms with Gasteiger partial charge in [-0.3, -0.25) is 9.98 Å². The summed E-state index contributed by atoms with van der Waals surface area (Å²) >= 11 is 0. The van der Waals surface area contributed by atoms with Crippen molar-refractivity contribution in [1.82, 2.24) is 15.0 Å². The van der Waals surface area contributed by atoms with Gasteiger partial charge in [0.25, 0.3) is 0 Å². The summed E-state index contributed by atoms with van der Waals surface area (Å²) in [6, 6.07) is 6.54. The van der Waals surface area contributed by atoms with Crippen LogP contribution in [0.4, 0.5) is 17.5 Å². The highest BCUT2D eigenvalue weighted by molar-refractivity contribution is 5.78. The van der Waals surface area contributed by atoms with E-state index in [9.17, 15) is 0 Å². The van der Waals surface area contributed by atoms with Gasteiger partial charge in [0, 0.05) is 42.1 Å². The molecule has 0 bridgehead atoms. The summed E-state index contributed by atoms with van der Waals surface area (Å²) in [6.45, 7) is 8.82. The first-order valence-electron chi connectivity index (χ1n) is 12.0. The number of hydrogen-bond acceptors (Lipinski definition) is 7. The normalized spacial score (nSPS) is 18.0. The summed E-state index contributed by atoms with van der Waals surface area (Å²) < 4.78 is 6.26. The van der Waals surface area contributed by atoms with Crippen LogP contribution in [0, 0.1) is 12.3 Å². The lowest BCUT2D eigenvalue weighted by atomic mass is 9.76. The number of aryl methyl sites for hydroxylation is 2. The molecule has 0 saturated heterocycles. The lowest BCUT2D eigenvalue weighted by Crippen LogP contribution is -2.31. The number of aromatic nitrogens is 3. The van der Waals surface area contributed by atoms with Crippen LogP contribution in [0.3, 0.4) is 0 Å². The van der Waals surface area contributed by atoms with E-state index in [4.69, 9.17) is 15.5 Å². The number of ether oxygens (including phenoxy) is 1. The number of nitrogen functional groups attached to an aromatic ring is 1. The molecule has 174 valence electrons. The summed E-state index contributed by atoms with van der Waals surface area (Å²) in [4.78, 5) is 20.8. The van der Waals surface area contributed by atoms with E-state index in [2.05, 4.69) is 58.8 Å². The molecule has 7 nitrogen and oxygen atoms in total. The minimum absolute atomic E-state index is 0.230. The van der Waals surface area contributed by atoms with Crippen molar-refractivity contribution in [3.8, 4) is 16.9 Å². The number of nitrogens with zero attached hydrogens (tertiary/aromatic N) is 5. The van der Waals surface area contributed by atoms with Crippen molar-refractivity contribution in [2.24, 2.45) is 10.4 Å². The van der Waals surface area contributed by atoms with Crippen LogP contribution in [0.2, 0.25) is 0 Å². The van der Waals surface area contributed by atoms with Crippen LogP contribution in [0.1, 0.15) is 48.3 Å². The van der Waals surface area contributed by atoms with E-state index in [0.29, 0.717) is 19.1 Å². The maximum absolute atomic E-state index is 6.26. The number of hydrogen-bond donors (Lipinski definition) is 1. The molecule has 0 saturated carbocycles. The highest BCUT2D eigenvalue weighted by Crippen LogP contribution is 2.40. The molecule has 0 atom stereocenters. The third kappa shape index (κ3) is 3.69. The van der Waals surface area contributed by atoms with Crippen LogP contribution in [-0.2, 0) is 25.8 Å². The SMILES string of the molecule is Cc1cc(-c2cnc3c(c2)N=CC3)cc2c1OCCN(c1nc(N)nc3c1CC(C)(C)CC3)C2. The zero-order valence-electron chi connectivity index (χ0n) is 20.1. The Kier molecular flexibility index (Phi) is 4.83. The van der Waals surface area contributed by atoms with Gasteiger partial charge in [0.1, 0.15) is 18.2 Å². The summed E-state index contributed by atoms with van der Waals surface area (Å²) in [5, 5.41) is 0. The zero-order chi connectivity index (χ0) is 23.4. The molecule has 0 radical (unpaired) electrons. The Morgan fingerprint density at radius 2 is 1.97 bits per heavy atom. The van der Waals surface area contributed by atoms with Gasteiger partial charge in [-0.2, -0.15) is 4.98 Å². The van der Waals surface area contributed by atoms with Crippen molar-refractivity contribution in [2.75, 3.05) is 23.8 Å². The third-order valence-electron chi connectivity index (χ3n) is 7.20. The van der Waals surface area contributed by atoms with E-state index in [1.165, 1.54) is 5.56 Å². The highest BCUT2D eigenvalue weighted by Gasteiger charge is 2.31. The van der Waals surface area contributed by atoms with Gasteiger partial charge in [-0.15, -0.1) is 0 Å². The van der Waals surface area contributed by atoms with Crippen molar-refractivity contribution < 1.29 is 4.74 Å². The Bertz CT molecular complexity index is 1330. The fourth-order valence-electron chi connectivity index (χ4n) is 5.41. The van der Waals surface area contributed by atoms with Crippen LogP contribution in [0.5, 0.6) is 5.75 Å². The first-order chi connectivity index (χ1) is 16.4. The van der Waals surface area contributed by atoms with Gasteiger partial charge in [-0.05, 0) is 60.9 Å². The Hall–Kier alpha value is -3.48. The monoisotopic (exact) mass is 454 g/mol. The Balaban J connectivity index is 1.40. The second-order valence-corrected chi connectivity index (χ2v) is 10.4. The topological polar surface area (TPSA) is 89.5 Å². The third-order valence-corrected chi connectivity index (χ3v) is 7.20. The van der Waals surface area contributed by atoms with Gasteiger partial charge >= 0.3 is 0 Å². The van der Waals surface area contributed by atoms with Gasteiger partial charge < -0.3 is 15.4 Å². The predicted octanol–water partition coefficient (Wildman–Crippen LogP) is 4.60. The van der Waals surface area contributed by atoms with Crippen molar-refractivity contribution in [2.45, 2.75) is 53.0 Å². The van der Waals surface area contributed by atoms with Gasteiger partial charge in [0.15, 0.2) is 0 Å². The van der Waals surface area contributed by atoms with E-state index in [1.807, 2.05) is 12.4 Å². The molecule has 0 fully saturated rings. The lowest BCUT2D eigenvalue weighted by molar-refractivity contribution is 0.311. The average molecular weight is 455 g/mol. The Morgan fingerprint density at radius 1 is 1.09 bits per heavy atom. The molecule has 1 aromatic carbocycles. The number of anilines is 2. The van der Waals surface area contributed by atoms with Crippen LogP contribution >= 0.6 is 0 Å². The molecule has 0 amide bonds. The molecule has 0 unspecified atom stereocenters. The largest absolute Gasteiger partial charge is 0.491 e. The Morgan fingerprint density at radius 3 is 2.85 bits per heavy atom. The molecule has 6 rings (SSSR count). The van der Waals surface area contributed by atoms with Crippen molar-refractivity contribution >= 4 is 23.7 Å².